The summed E-state index contributed by atoms with van der Waals surface area (Å²) in [5.41, 5.74) is 1.16. The molecular weight excluding hydrogens is 529 g/mol. The minimum absolute atomic E-state index is 0. The van der Waals surface area contributed by atoms with Crippen LogP contribution in [0.3, 0.4) is 0 Å². The molecule has 1 aromatic carbocycles. The van der Waals surface area contributed by atoms with Gasteiger partial charge in [-0.1, -0.05) is 6.92 Å². The highest BCUT2D eigenvalue weighted by molar-refractivity contribution is 14.0. The van der Waals surface area contributed by atoms with E-state index in [1.165, 1.54) is 45.3 Å². The fraction of sp³-hybridized carbons (Fsp3) is 0.720. The van der Waals surface area contributed by atoms with Crippen LogP contribution in [0.4, 0.5) is 5.69 Å². The molecule has 3 rings (SSSR count). The van der Waals surface area contributed by atoms with Crippen molar-refractivity contribution in [1.29, 1.82) is 0 Å². The third kappa shape index (κ3) is 9.03. The van der Waals surface area contributed by atoms with Crippen LogP contribution in [0.15, 0.2) is 23.2 Å². The van der Waals surface area contributed by atoms with Gasteiger partial charge in [-0.05, 0) is 57.5 Å². The number of piperidine rings is 2. The summed E-state index contributed by atoms with van der Waals surface area (Å²) in [6, 6.07) is 6.53. The lowest BCUT2D eigenvalue weighted by atomic mass is 10.0. The Bertz CT molecular complexity index is 702. The zero-order valence-electron chi connectivity index (χ0n) is 20.9. The van der Waals surface area contributed by atoms with Gasteiger partial charge in [-0.2, -0.15) is 0 Å². The molecule has 0 aromatic heterocycles. The van der Waals surface area contributed by atoms with E-state index in [9.17, 15) is 0 Å². The largest absolute Gasteiger partial charge is 0.497 e. The molecule has 7 nitrogen and oxygen atoms in total. The second kappa shape index (κ2) is 14.8. The van der Waals surface area contributed by atoms with Crippen LogP contribution in [0.1, 0.15) is 45.4 Å². The summed E-state index contributed by atoms with van der Waals surface area (Å²) in [7, 11) is 5.25. The molecule has 2 saturated heterocycles. The van der Waals surface area contributed by atoms with E-state index in [-0.39, 0.29) is 24.0 Å². The number of guanidine groups is 1. The van der Waals surface area contributed by atoms with Crippen molar-refractivity contribution in [2.75, 3.05) is 65.4 Å². The maximum Gasteiger partial charge on any atom is 0.191 e. The first-order chi connectivity index (χ1) is 15.6. The summed E-state index contributed by atoms with van der Waals surface area (Å²) in [6.45, 7) is 9.14. The lowest BCUT2D eigenvalue weighted by Crippen LogP contribution is -2.49. The number of methoxy groups -OCH3 is 2. The van der Waals surface area contributed by atoms with E-state index in [2.05, 4.69) is 44.5 Å². The molecule has 33 heavy (non-hydrogen) atoms. The highest BCUT2D eigenvalue weighted by atomic mass is 127. The van der Waals surface area contributed by atoms with Gasteiger partial charge in [0.05, 0.1) is 14.2 Å². The van der Waals surface area contributed by atoms with Crippen LogP contribution < -0.4 is 25.0 Å². The predicted octanol–water partition coefficient (Wildman–Crippen LogP) is 3.97. The zero-order chi connectivity index (χ0) is 22.8. The van der Waals surface area contributed by atoms with Crippen molar-refractivity contribution < 1.29 is 9.47 Å². The molecule has 1 unspecified atom stereocenters. The Morgan fingerprint density at radius 3 is 2.33 bits per heavy atom. The maximum absolute atomic E-state index is 5.42. The first-order valence-electron chi connectivity index (χ1n) is 12.3. The number of nitrogens with one attached hydrogen (secondary N) is 2. The van der Waals surface area contributed by atoms with Gasteiger partial charge in [0.15, 0.2) is 5.96 Å². The van der Waals surface area contributed by atoms with Crippen LogP contribution in [-0.4, -0.2) is 77.4 Å². The molecule has 0 amide bonds. The van der Waals surface area contributed by atoms with Crippen LogP contribution in [0.25, 0.3) is 0 Å². The Balaban J connectivity index is 0.00000385. The minimum Gasteiger partial charge on any atom is -0.497 e. The van der Waals surface area contributed by atoms with Gasteiger partial charge >= 0.3 is 0 Å². The number of halogens is 1. The Morgan fingerprint density at radius 2 is 1.73 bits per heavy atom. The lowest BCUT2D eigenvalue weighted by Gasteiger charge is -2.35. The Kier molecular flexibility index (Phi) is 12.4. The van der Waals surface area contributed by atoms with E-state index in [1.807, 2.05) is 13.1 Å². The molecular formula is C25H44IN5O2. The van der Waals surface area contributed by atoms with Crippen LogP contribution >= 0.6 is 24.0 Å². The maximum atomic E-state index is 5.42. The standard InChI is InChI=1S/C25H43N5O2.HI/c1-20-8-7-13-29(19-20)12-6-5-11-27-25(26-2)28-21-9-14-30(15-10-21)22-16-23(31-3)18-24(17-22)32-4;/h16-18,20-21H,5-15,19H2,1-4H3,(H2,26,27,28);1H. The quantitative estimate of drug-likeness (QED) is 0.202. The van der Waals surface area contributed by atoms with Gasteiger partial charge in [0.25, 0.3) is 0 Å². The van der Waals surface area contributed by atoms with Crippen LogP contribution in [0.2, 0.25) is 0 Å². The topological polar surface area (TPSA) is 61.4 Å². The second-order valence-electron chi connectivity index (χ2n) is 9.23. The molecule has 0 saturated carbocycles. The van der Waals surface area contributed by atoms with Crippen molar-refractivity contribution in [3.05, 3.63) is 18.2 Å². The number of hydrogen-bond donors (Lipinski definition) is 2. The van der Waals surface area contributed by atoms with Crippen LogP contribution in [0.5, 0.6) is 11.5 Å². The number of nitrogens with zero attached hydrogens (tertiary/aromatic N) is 3. The van der Waals surface area contributed by atoms with Gasteiger partial charge in [0.1, 0.15) is 11.5 Å². The second-order valence-corrected chi connectivity index (χ2v) is 9.23. The van der Waals surface area contributed by atoms with E-state index in [4.69, 9.17) is 9.47 Å². The third-order valence-corrected chi connectivity index (χ3v) is 6.70. The molecule has 2 aliphatic rings. The summed E-state index contributed by atoms with van der Waals surface area (Å²) < 4.78 is 10.8. The van der Waals surface area contributed by atoms with Gasteiger partial charge in [-0.15, -0.1) is 24.0 Å². The predicted molar refractivity (Wildman–Crippen MR) is 149 cm³/mol. The summed E-state index contributed by atoms with van der Waals surface area (Å²) in [6.07, 6.45) is 7.34. The molecule has 0 aliphatic carbocycles. The molecule has 8 heteroatoms. The van der Waals surface area contributed by atoms with Crippen LogP contribution in [0, 0.1) is 5.92 Å². The van der Waals surface area contributed by atoms with E-state index in [1.54, 1.807) is 14.2 Å². The first kappa shape index (κ1) is 27.8. The molecule has 1 aromatic rings. The monoisotopic (exact) mass is 573 g/mol. The normalized spacial score (nSPS) is 20.2. The number of aliphatic imine (C=N–C) groups is 1. The number of ether oxygens (including phenoxy) is 2. The number of unbranched alkanes of at least 4 members (excludes halogenated alkanes) is 1. The molecule has 0 spiro atoms. The number of likely N-dealkylation sites (tertiary alicyclic amines) is 1. The van der Waals surface area contributed by atoms with Gasteiger partial charge < -0.3 is 29.9 Å². The van der Waals surface area contributed by atoms with E-state index in [0.717, 1.165) is 61.5 Å². The molecule has 2 heterocycles. The zero-order valence-corrected chi connectivity index (χ0v) is 23.3. The number of rotatable bonds is 9. The fourth-order valence-electron chi connectivity index (χ4n) is 4.80. The highest BCUT2D eigenvalue weighted by Gasteiger charge is 2.21. The molecule has 1 atom stereocenters. The average Bonchev–Trinajstić information content (AvgIpc) is 2.83. The van der Waals surface area contributed by atoms with Gasteiger partial charge in [-0.25, -0.2) is 0 Å². The summed E-state index contributed by atoms with van der Waals surface area (Å²) in [5.74, 6) is 3.46. The summed E-state index contributed by atoms with van der Waals surface area (Å²) in [4.78, 5) is 9.47. The number of benzene rings is 1. The summed E-state index contributed by atoms with van der Waals surface area (Å²) in [5, 5.41) is 7.13. The van der Waals surface area contributed by atoms with Crippen molar-refractivity contribution in [1.82, 2.24) is 15.5 Å². The molecule has 0 bridgehead atoms. The molecule has 2 fully saturated rings. The van der Waals surface area contributed by atoms with E-state index < -0.39 is 0 Å². The fourth-order valence-corrected chi connectivity index (χ4v) is 4.80. The Hall–Kier alpha value is -1.42. The third-order valence-electron chi connectivity index (χ3n) is 6.70. The molecule has 2 aliphatic heterocycles. The molecule has 188 valence electrons. The minimum atomic E-state index is 0. The van der Waals surface area contributed by atoms with E-state index in [0.29, 0.717) is 6.04 Å². The van der Waals surface area contributed by atoms with Crippen molar-refractivity contribution in [2.24, 2.45) is 10.9 Å². The van der Waals surface area contributed by atoms with Gasteiger partial charge in [0, 0.05) is 63.2 Å². The highest BCUT2D eigenvalue weighted by Crippen LogP contribution is 2.30. The molecule has 0 radical (unpaired) electrons. The Morgan fingerprint density at radius 1 is 1.03 bits per heavy atom. The average molecular weight is 574 g/mol. The van der Waals surface area contributed by atoms with Crippen molar-refractivity contribution >= 4 is 35.6 Å². The van der Waals surface area contributed by atoms with Crippen molar-refractivity contribution in [3.8, 4) is 11.5 Å². The molecule has 2 N–H and O–H groups in total. The van der Waals surface area contributed by atoms with Crippen molar-refractivity contribution in [2.45, 2.75) is 51.5 Å². The van der Waals surface area contributed by atoms with Crippen molar-refractivity contribution in [3.63, 3.8) is 0 Å². The van der Waals surface area contributed by atoms with E-state index >= 15 is 0 Å². The number of anilines is 1. The Labute approximate surface area is 217 Å². The van der Waals surface area contributed by atoms with Gasteiger partial charge in [0.2, 0.25) is 0 Å². The smallest absolute Gasteiger partial charge is 0.191 e. The first-order valence-corrected chi connectivity index (χ1v) is 12.3. The summed E-state index contributed by atoms with van der Waals surface area (Å²) >= 11 is 0. The SMILES string of the molecule is CN=C(NCCCCN1CCCC(C)C1)NC1CCN(c2cc(OC)cc(OC)c2)CC1.I. The lowest BCUT2D eigenvalue weighted by molar-refractivity contribution is 0.181. The van der Waals surface area contributed by atoms with Gasteiger partial charge in [-0.3, -0.25) is 4.99 Å². The van der Waals surface area contributed by atoms with Crippen LogP contribution in [-0.2, 0) is 0 Å². The number of hydrogen-bond acceptors (Lipinski definition) is 5.